The van der Waals surface area contributed by atoms with Crippen LogP contribution < -0.4 is 10.1 Å². The number of nitrogens with one attached hydrogen (secondary N) is 1. The van der Waals surface area contributed by atoms with Gasteiger partial charge in [0.05, 0.1) is 6.07 Å². The average molecular weight is 395 g/mol. The van der Waals surface area contributed by atoms with Gasteiger partial charge in [-0.05, 0) is 37.1 Å². The van der Waals surface area contributed by atoms with E-state index in [0.29, 0.717) is 18.6 Å². The molecule has 0 spiro atoms. The number of nitriles is 1. The van der Waals surface area contributed by atoms with Crippen molar-refractivity contribution < 1.29 is 19.1 Å². The third kappa shape index (κ3) is 5.53. The number of carbonyl (C=O) groups excluding carboxylic acids is 2. The summed E-state index contributed by atoms with van der Waals surface area (Å²) >= 11 is 3.30. The van der Waals surface area contributed by atoms with E-state index < -0.39 is 24.0 Å². The van der Waals surface area contributed by atoms with Crippen molar-refractivity contribution in [3.05, 3.63) is 28.7 Å². The average Bonchev–Trinajstić information content (AvgIpc) is 2.60. The number of benzene rings is 1. The summed E-state index contributed by atoms with van der Waals surface area (Å²) in [5.74, 6) is -0.566. The van der Waals surface area contributed by atoms with Gasteiger partial charge >= 0.3 is 5.97 Å². The predicted molar refractivity (Wildman–Crippen MR) is 90.2 cm³/mol. The normalized spacial score (nSPS) is 15.8. The molecule has 7 heteroatoms. The van der Waals surface area contributed by atoms with Crippen molar-refractivity contribution >= 4 is 27.8 Å². The van der Waals surface area contributed by atoms with Gasteiger partial charge in [0.1, 0.15) is 11.3 Å². The molecule has 0 bridgehead atoms. The highest BCUT2D eigenvalue weighted by molar-refractivity contribution is 9.10. The Hall–Kier alpha value is -2.07. The monoisotopic (exact) mass is 394 g/mol. The van der Waals surface area contributed by atoms with Gasteiger partial charge in [-0.25, -0.2) is 4.79 Å². The van der Waals surface area contributed by atoms with Crippen LogP contribution in [0.25, 0.3) is 0 Å². The quantitative estimate of drug-likeness (QED) is 0.749. The third-order valence-electron chi connectivity index (χ3n) is 3.83. The van der Waals surface area contributed by atoms with E-state index >= 15 is 0 Å². The van der Waals surface area contributed by atoms with Crippen molar-refractivity contribution in [2.24, 2.45) is 0 Å². The molecule has 0 saturated heterocycles. The second-order valence-electron chi connectivity index (χ2n) is 5.71. The van der Waals surface area contributed by atoms with Crippen molar-refractivity contribution in [1.82, 2.24) is 5.32 Å². The molecule has 1 aromatic carbocycles. The molecule has 24 heavy (non-hydrogen) atoms. The first-order valence-electron chi connectivity index (χ1n) is 7.79. The van der Waals surface area contributed by atoms with E-state index in [1.807, 2.05) is 0 Å². The fourth-order valence-corrected chi connectivity index (χ4v) is 2.85. The largest absolute Gasteiger partial charge is 0.482 e. The second kappa shape index (κ2) is 8.69. The number of hydrogen-bond donors (Lipinski definition) is 1. The van der Waals surface area contributed by atoms with Crippen LogP contribution in [-0.4, -0.2) is 30.6 Å². The van der Waals surface area contributed by atoms with Crippen LogP contribution in [0.15, 0.2) is 28.7 Å². The molecular weight excluding hydrogens is 376 g/mol. The molecular formula is C17H19BrN2O4. The minimum atomic E-state index is -0.824. The van der Waals surface area contributed by atoms with Crippen molar-refractivity contribution in [1.29, 1.82) is 5.26 Å². The van der Waals surface area contributed by atoms with Crippen LogP contribution in [-0.2, 0) is 14.3 Å². The summed E-state index contributed by atoms with van der Waals surface area (Å²) < 4.78 is 11.1. The fourth-order valence-electron chi connectivity index (χ4n) is 2.58. The molecule has 1 amide bonds. The Labute approximate surface area is 149 Å². The first-order chi connectivity index (χ1) is 11.5. The van der Waals surface area contributed by atoms with E-state index in [1.165, 1.54) is 0 Å². The van der Waals surface area contributed by atoms with Crippen LogP contribution in [0.4, 0.5) is 0 Å². The highest BCUT2D eigenvalue weighted by Crippen LogP contribution is 2.27. The first kappa shape index (κ1) is 18.3. The summed E-state index contributed by atoms with van der Waals surface area (Å²) in [5.41, 5.74) is -0.824. The second-order valence-corrected chi connectivity index (χ2v) is 6.62. The number of halogens is 1. The Balaban J connectivity index is 1.72. The summed E-state index contributed by atoms with van der Waals surface area (Å²) in [6, 6.07) is 9.19. The molecule has 1 aliphatic rings. The standard InChI is InChI=1S/C17H19BrN2O4/c18-13-4-6-14(7-5-13)23-11-16(22)24-10-15(21)20-17(12-19)8-2-1-3-9-17/h4-7H,1-3,8-11H2,(H,20,21). The van der Waals surface area contributed by atoms with Crippen molar-refractivity contribution in [3.63, 3.8) is 0 Å². The van der Waals surface area contributed by atoms with Gasteiger partial charge in [-0.3, -0.25) is 4.79 Å². The van der Waals surface area contributed by atoms with E-state index in [2.05, 4.69) is 27.3 Å². The molecule has 1 aromatic rings. The van der Waals surface area contributed by atoms with Crippen LogP contribution in [0.1, 0.15) is 32.1 Å². The molecule has 0 aliphatic heterocycles. The number of hydrogen-bond acceptors (Lipinski definition) is 5. The molecule has 2 rings (SSSR count). The topological polar surface area (TPSA) is 88.4 Å². The Kier molecular flexibility index (Phi) is 6.62. The van der Waals surface area contributed by atoms with E-state index in [0.717, 1.165) is 23.7 Å². The summed E-state index contributed by atoms with van der Waals surface area (Å²) in [6.45, 7) is -0.690. The fraction of sp³-hybridized carbons (Fsp3) is 0.471. The minimum Gasteiger partial charge on any atom is -0.482 e. The molecule has 0 atom stereocenters. The maximum absolute atomic E-state index is 11.9. The lowest BCUT2D eigenvalue weighted by Gasteiger charge is -2.31. The molecule has 0 radical (unpaired) electrons. The number of ether oxygens (including phenoxy) is 2. The van der Waals surface area contributed by atoms with E-state index in [-0.39, 0.29) is 6.61 Å². The van der Waals surface area contributed by atoms with Crippen molar-refractivity contribution in [2.45, 2.75) is 37.6 Å². The molecule has 1 fully saturated rings. The lowest BCUT2D eigenvalue weighted by molar-refractivity contribution is -0.150. The zero-order chi connectivity index (χ0) is 17.4. The molecule has 1 N–H and O–H groups in total. The van der Waals surface area contributed by atoms with Crippen LogP contribution >= 0.6 is 15.9 Å². The van der Waals surface area contributed by atoms with Gasteiger partial charge in [0.2, 0.25) is 0 Å². The van der Waals surface area contributed by atoms with Gasteiger partial charge < -0.3 is 14.8 Å². The molecule has 6 nitrogen and oxygen atoms in total. The summed E-state index contributed by atoms with van der Waals surface area (Å²) in [4.78, 5) is 23.5. The van der Waals surface area contributed by atoms with Gasteiger partial charge in [-0.1, -0.05) is 35.2 Å². The molecule has 0 unspecified atom stereocenters. The van der Waals surface area contributed by atoms with Gasteiger partial charge in [0, 0.05) is 4.47 Å². The summed E-state index contributed by atoms with van der Waals surface area (Å²) in [7, 11) is 0. The maximum atomic E-state index is 11.9. The van der Waals surface area contributed by atoms with Crippen LogP contribution in [0.5, 0.6) is 5.75 Å². The van der Waals surface area contributed by atoms with E-state index in [1.54, 1.807) is 24.3 Å². The number of esters is 1. The molecule has 0 heterocycles. The minimum absolute atomic E-state index is 0.279. The highest BCUT2D eigenvalue weighted by atomic mass is 79.9. The number of nitrogens with zero attached hydrogens (tertiary/aromatic N) is 1. The Morgan fingerprint density at radius 1 is 1.17 bits per heavy atom. The SMILES string of the molecule is N#CC1(NC(=O)COC(=O)COc2ccc(Br)cc2)CCCCC1. The summed E-state index contributed by atoms with van der Waals surface area (Å²) in [6.07, 6.45) is 4.16. The molecule has 128 valence electrons. The number of amides is 1. The lowest BCUT2D eigenvalue weighted by atomic mass is 9.83. The van der Waals surface area contributed by atoms with E-state index in [9.17, 15) is 14.9 Å². The number of rotatable bonds is 6. The molecule has 1 aliphatic carbocycles. The van der Waals surface area contributed by atoms with E-state index in [4.69, 9.17) is 9.47 Å². The Morgan fingerprint density at radius 3 is 2.46 bits per heavy atom. The van der Waals surface area contributed by atoms with Crippen LogP contribution in [0.2, 0.25) is 0 Å². The smallest absolute Gasteiger partial charge is 0.344 e. The predicted octanol–water partition coefficient (Wildman–Crippen LogP) is 2.71. The first-order valence-corrected chi connectivity index (χ1v) is 8.59. The molecule has 1 saturated carbocycles. The van der Waals surface area contributed by atoms with Crippen LogP contribution in [0.3, 0.4) is 0 Å². The van der Waals surface area contributed by atoms with Gasteiger partial charge in [-0.15, -0.1) is 0 Å². The molecule has 0 aromatic heterocycles. The van der Waals surface area contributed by atoms with Crippen molar-refractivity contribution in [3.8, 4) is 11.8 Å². The van der Waals surface area contributed by atoms with Crippen LogP contribution in [0, 0.1) is 11.3 Å². The van der Waals surface area contributed by atoms with Crippen molar-refractivity contribution in [2.75, 3.05) is 13.2 Å². The van der Waals surface area contributed by atoms with Gasteiger partial charge in [0.25, 0.3) is 5.91 Å². The maximum Gasteiger partial charge on any atom is 0.344 e. The Morgan fingerprint density at radius 2 is 1.83 bits per heavy atom. The zero-order valence-electron chi connectivity index (χ0n) is 13.2. The Bertz CT molecular complexity index is 618. The zero-order valence-corrected chi connectivity index (χ0v) is 14.8. The van der Waals surface area contributed by atoms with Gasteiger partial charge in [-0.2, -0.15) is 5.26 Å². The third-order valence-corrected chi connectivity index (χ3v) is 4.36. The van der Waals surface area contributed by atoms with Gasteiger partial charge in [0.15, 0.2) is 13.2 Å². The summed E-state index contributed by atoms with van der Waals surface area (Å²) in [5, 5.41) is 12.0. The highest BCUT2D eigenvalue weighted by Gasteiger charge is 2.33. The number of carbonyl (C=O) groups is 2. The lowest BCUT2D eigenvalue weighted by Crippen LogP contribution is -2.50.